The number of benzene rings is 1. The van der Waals surface area contributed by atoms with E-state index in [1.54, 1.807) is 6.07 Å². The SMILES string of the molecule is CC(CCN)Nc1nc2cc([N+](=O)[O-])ccc2o1. The van der Waals surface area contributed by atoms with Gasteiger partial charge in [-0.05, 0) is 26.0 Å². The maximum absolute atomic E-state index is 10.6. The second kappa shape index (κ2) is 5.01. The lowest BCUT2D eigenvalue weighted by molar-refractivity contribution is -0.384. The number of rotatable bonds is 5. The molecule has 0 aliphatic carbocycles. The van der Waals surface area contributed by atoms with Gasteiger partial charge in [0.15, 0.2) is 5.58 Å². The quantitative estimate of drug-likeness (QED) is 0.619. The van der Waals surface area contributed by atoms with Gasteiger partial charge in [-0.3, -0.25) is 10.1 Å². The van der Waals surface area contributed by atoms with E-state index >= 15 is 0 Å². The van der Waals surface area contributed by atoms with Crippen molar-refractivity contribution in [3.05, 3.63) is 28.3 Å². The van der Waals surface area contributed by atoms with E-state index < -0.39 is 4.92 Å². The van der Waals surface area contributed by atoms with Crippen molar-refractivity contribution >= 4 is 22.8 Å². The third kappa shape index (κ3) is 2.57. The van der Waals surface area contributed by atoms with Gasteiger partial charge in [-0.1, -0.05) is 0 Å². The molecule has 0 fully saturated rings. The van der Waals surface area contributed by atoms with E-state index in [0.29, 0.717) is 23.7 Å². The Balaban J connectivity index is 2.24. The number of oxazole rings is 1. The summed E-state index contributed by atoms with van der Waals surface area (Å²) in [5.41, 5.74) is 6.42. The predicted octanol–water partition coefficient (Wildman–Crippen LogP) is 1.89. The van der Waals surface area contributed by atoms with Crippen molar-refractivity contribution in [2.45, 2.75) is 19.4 Å². The molecule has 0 bridgehead atoms. The lowest BCUT2D eigenvalue weighted by atomic mass is 10.2. The molecular weight excluding hydrogens is 236 g/mol. The zero-order valence-corrected chi connectivity index (χ0v) is 9.92. The average Bonchev–Trinajstić information content (AvgIpc) is 2.69. The van der Waals surface area contributed by atoms with E-state index in [1.165, 1.54) is 12.1 Å². The van der Waals surface area contributed by atoms with Gasteiger partial charge in [0.25, 0.3) is 11.7 Å². The monoisotopic (exact) mass is 250 g/mol. The molecule has 0 amide bonds. The number of nitrogens with two attached hydrogens (primary N) is 1. The van der Waals surface area contributed by atoms with Crippen LogP contribution in [0.3, 0.4) is 0 Å². The number of fused-ring (bicyclic) bond motifs is 1. The summed E-state index contributed by atoms with van der Waals surface area (Å²) in [5, 5.41) is 13.7. The van der Waals surface area contributed by atoms with E-state index in [2.05, 4.69) is 10.3 Å². The number of hydrogen-bond acceptors (Lipinski definition) is 6. The van der Waals surface area contributed by atoms with Gasteiger partial charge in [0.05, 0.1) is 4.92 Å². The van der Waals surface area contributed by atoms with Gasteiger partial charge in [0.2, 0.25) is 0 Å². The van der Waals surface area contributed by atoms with Gasteiger partial charge < -0.3 is 15.5 Å². The van der Waals surface area contributed by atoms with Crippen molar-refractivity contribution in [3.63, 3.8) is 0 Å². The zero-order valence-electron chi connectivity index (χ0n) is 9.92. The van der Waals surface area contributed by atoms with E-state index in [4.69, 9.17) is 10.2 Å². The molecular formula is C11H14N4O3. The Hall–Kier alpha value is -2.15. The van der Waals surface area contributed by atoms with E-state index in [-0.39, 0.29) is 11.7 Å². The fraction of sp³-hybridized carbons (Fsp3) is 0.364. The van der Waals surface area contributed by atoms with Crippen LogP contribution in [0.1, 0.15) is 13.3 Å². The van der Waals surface area contributed by atoms with Crippen molar-refractivity contribution in [1.29, 1.82) is 0 Å². The maximum atomic E-state index is 10.6. The van der Waals surface area contributed by atoms with Crippen LogP contribution in [-0.2, 0) is 0 Å². The third-order valence-electron chi connectivity index (χ3n) is 2.55. The van der Waals surface area contributed by atoms with Crippen LogP contribution in [0.2, 0.25) is 0 Å². The van der Waals surface area contributed by atoms with E-state index in [1.807, 2.05) is 6.92 Å². The molecule has 1 aromatic carbocycles. The highest BCUT2D eigenvalue weighted by Crippen LogP contribution is 2.23. The van der Waals surface area contributed by atoms with Crippen LogP contribution in [0.25, 0.3) is 11.1 Å². The van der Waals surface area contributed by atoms with Crippen LogP contribution in [0.5, 0.6) is 0 Å². The Morgan fingerprint density at radius 1 is 1.61 bits per heavy atom. The Morgan fingerprint density at radius 3 is 3.06 bits per heavy atom. The summed E-state index contributed by atoms with van der Waals surface area (Å²) < 4.78 is 5.43. The second-order valence-electron chi connectivity index (χ2n) is 4.05. The number of anilines is 1. The third-order valence-corrected chi connectivity index (χ3v) is 2.55. The molecule has 96 valence electrons. The summed E-state index contributed by atoms with van der Waals surface area (Å²) in [5.74, 6) is 0. The van der Waals surface area contributed by atoms with Gasteiger partial charge in [0, 0.05) is 18.2 Å². The van der Waals surface area contributed by atoms with E-state index in [0.717, 1.165) is 6.42 Å². The van der Waals surface area contributed by atoms with Crippen LogP contribution in [-0.4, -0.2) is 22.5 Å². The minimum atomic E-state index is -0.460. The molecule has 1 heterocycles. The molecule has 0 aliphatic heterocycles. The first-order valence-electron chi connectivity index (χ1n) is 5.61. The molecule has 7 nitrogen and oxygen atoms in total. The molecule has 3 N–H and O–H groups in total. The molecule has 2 rings (SSSR count). The lowest BCUT2D eigenvalue weighted by Gasteiger charge is -2.09. The standard InChI is InChI=1S/C11H14N4O3/c1-7(4-5-12)13-11-14-9-6-8(15(16)17)2-3-10(9)18-11/h2-3,6-7H,4-5,12H2,1H3,(H,13,14). The highest BCUT2D eigenvalue weighted by Gasteiger charge is 2.12. The summed E-state index contributed by atoms with van der Waals surface area (Å²) in [6.45, 7) is 2.53. The first-order valence-corrected chi connectivity index (χ1v) is 5.61. The van der Waals surface area contributed by atoms with Gasteiger partial charge in [-0.2, -0.15) is 4.98 Å². The average molecular weight is 250 g/mol. The van der Waals surface area contributed by atoms with Crippen molar-refractivity contribution < 1.29 is 9.34 Å². The summed E-state index contributed by atoms with van der Waals surface area (Å²) in [4.78, 5) is 14.3. The topological polar surface area (TPSA) is 107 Å². The number of non-ortho nitro benzene ring substituents is 1. The summed E-state index contributed by atoms with van der Waals surface area (Å²) in [6.07, 6.45) is 0.791. The Kier molecular flexibility index (Phi) is 3.42. The number of nitrogens with zero attached hydrogens (tertiary/aromatic N) is 2. The van der Waals surface area contributed by atoms with Crippen molar-refractivity contribution in [3.8, 4) is 0 Å². The predicted molar refractivity (Wildman–Crippen MR) is 67.4 cm³/mol. The molecule has 1 atom stereocenters. The minimum Gasteiger partial charge on any atom is -0.424 e. The van der Waals surface area contributed by atoms with Gasteiger partial charge in [0.1, 0.15) is 5.52 Å². The van der Waals surface area contributed by atoms with Gasteiger partial charge >= 0.3 is 0 Å². The normalized spacial score (nSPS) is 12.6. The number of aromatic nitrogens is 1. The Labute approximate surface area is 103 Å². The summed E-state index contributed by atoms with van der Waals surface area (Å²) in [6, 6.07) is 4.81. The first kappa shape index (κ1) is 12.3. The van der Waals surface area contributed by atoms with Gasteiger partial charge in [-0.25, -0.2) is 0 Å². The minimum absolute atomic E-state index is 0.00245. The van der Waals surface area contributed by atoms with Crippen molar-refractivity contribution in [2.75, 3.05) is 11.9 Å². The smallest absolute Gasteiger partial charge is 0.295 e. The Bertz CT molecular complexity index is 566. The number of nitrogens with one attached hydrogen (secondary N) is 1. The van der Waals surface area contributed by atoms with Crippen molar-refractivity contribution in [1.82, 2.24) is 4.98 Å². The van der Waals surface area contributed by atoms with Crippen LogP contribution in [0.4, 0.5) is 11.7 Å². The molecule has 0 radical (unpaired) electrons. The van der Waals surface area contributed by atoms with Crippen LogP contribution >= 0.6 is 0 Å². The van der Waals surface area contributed by atoms with Crippen molar-refractivity contribution in [2.24, 2.45) is 5.73 Å². The molecule has 18 heavy (non-hydrogen) atoms. The second-order valence-corrected chi connectivity index (χ2v) is 4.05. The summed E-state index contributed by atoms with van der Waals surface area (Å²) >= 11 is 0. The molecule has 0 saturated carbocycles. The summed E-state index contributed by atoms with van der Waals surface area (Å²) in [7, 11) is 0. The maximum Gasteiger partial charge on any atom is 0.295 e. The molecule has 0 saturated heterocycles. The van der Waals surface area contributed by atoms with E-state index in [9.17, 15) is 10.1 Å². The molecule has 7 heteroatoms. The molecule has 1 unspecified atom stereocenters. The molecule has 1 aromatic heterocycles. The van der Waals surface area contributed by atoms with Crippen LogP contribution in [0.15, 0.2) is 22.6 Å². The molecule has 2 aromatic rings. The fourth-order valence-corrected chi connectivity index (χ4v) is 1.62. The first-order chi connectivity index (χ1) is 8.60. The number of hydrogen-bond donors (Lipinski definition) is 2. The Morgan fingerprint density at radius 2 is 2.39 bits per heavy atom. The largest absolute Gasteiger partial charge is 0.424 e. The number of nitro groups is 1. The fourth-order valence-electron chi connectivity index (χ4n) is 1.62. The lowest BCUT2D eigenvalue weighted by Crippen LogP contribution is -2.19. The highest BCUT2D eigenvalue weighted by atomic mass is 16.6. The molecule has 0 spiro atoms. The molecule has 0 aliphatic rings. The zero-order chi connectivity index (χ0) is 13.1. The number of nitro benzene ring substituents is 1. The van der Waals surface area contributed by atoms with Gasteiger partial charge in [-0.15, -0.1) is 0 Å². The van der Waals surface area contributed by atoms with Crippen LogP contribution in [0, 0.1) is 10.1 Å². The highest BCUT2D eigenvalue weighted by molar-refractivity contribution is 5.77. The van der Waals surface area contributed by atoms with Crippen LogP contribution < -0.4 is 11.1 Å².